The van der Waals surface area contributed by atoms with Crippen molar-refractivity contribution < 1.29 is 13.7 Å². The number of halogens is 1. The molecule has 1 unspecified atom stereocenters. The summed E-state index contributed by atoms with van der Waals surface area (Å²) in [6.45, 7) is 1.94. The minimum atomic E-state index is -0.727. The summed E-state index contributed by atoms with van der Waals surface area (Å²) in [4.78, 5) is 10.0. The van der Waals surface area contributed by atoms with Gasteiger partial charge in [-0.3, -0.25) is 10.1 Å². The summed E-state index contributed by atoms with van der Waals surface area (Å²) in [6, 6.07) is 3.04. The fraction of sp³-hybridized carbons (Fsp3) is 0.333. The molecule has 7 nitrogen and oxygen atoms in total. The predicted molar refractivity (Wildman–Crippen MR) is 68.4 cm³/mol. The SMILES string of the molecule is CCC(NC)c1nnc(-c2cc(F)cc([N+](=O)[O-])c2)o1. The highest BCUT2D eigenvalue weighted by atomic mass is 19.1. The molecular weight excluding hydrogens is 267 g/mol. The van der Waals surface area contributed by atoms with Crippen LogP contribution in [0.2, 0.25) is 0 Å². The van der Waals surface area contributed by atoms with Crippen LogP contribution < -0.4 is 5.32 Å². The minimum absolute atomic E-state index is 0.0521. The average Bonchev–Trinajstić information content (AvgIpc) is 2.89. The first kappa shape index (κ1) is 14.1. The Morgan fingerprint density at radius 2 is 2.20 bits per heavy atom. The van der Waals surface area contributed by atoms with E-state index < -0.39 is 10.7 Å². The van der Waals surface area contributed by atoms with E-state index in [9.17, 15) is 14.5 Å². The number of aromatic nitrogens is 2. The lowest BCUT2D eigenvalue weighted by Crippen LogP contribution is -2.15. The van der Waals surface area contributed by atoms with Gasteiger partial charge in [-0.25, -0.2) is 4.39 Å². The minimum Gasteiger partial charge on any atom is -0.419 e. The number of non-ortho nitro benzene ring substituents is 1. The van der Waals surface area contributed by atoms with E-state index in [1.807, 2.05) is 6.92 Å². The van der Waals surface area contributed by atoms with E-state index in [0.717, 1.165) is 18.6 Å². The van der Waals surface area contributed by atoms with Crippen molar-refractivity contribution in [1.82, 2.24) is 15.5 Å². The first-order chi connectivity index (χ1) is 9.55. The van der Waals surface area contributed by atoms with Gasteiger partial charge in [0.1, 0.15) is 5.82 Å². The highest BCUT2D eigenvalue weighted by molar-refractivity contribution is 5.57. The Hall–Kier alpha value is -2.35. The van der Waals surface area contributed by atoms with Gasteiger partial charge in [0.05, 0.1) is 17.0 Å². The second-order valence-corrected chi connectivity index (χ2v) is 4.15. The number of nitrogens with zero attached hydrogens (tertiary/aromatic N) is 3. The maximum Gasteiger partial charge on any atom is 0.273 e. The van der Waals surface area contributed by atoms with Crippen LogP contribution in [0.15, 0.2) is 22.6 Å². The molecule has 1 heterocycles. The summed E-state index contributed by atoms with van der Waals surface area (Å²) < 4.78 is 18.8. The third kappa shape index (κ3) is 2.80. The van der Waals surface area contributed by atoms with Crippen LogP contribution in [0.25, 0.3) is 11.5 Å². The van der Waals surface area contributed by atoms with Crippen molar-refractivity contribution in [2.45, 2.75) is 19.4 Å². The first-order valence-corrected chi connectivity index (χ1v) is 6.01. The molecule has 1 aromatic heterocycles. The van der Waals surface area contributed by atoms with Gasteiger partial charge in [0.2, 0.25) is 11.8 Å². The maximum atomic E-state index is 13.4. The Morgan fingerprint density at radius 1 is 1.45 bits per heavy atom. The molecule has 0 bridgehead atoms. The molecule has 1 aromatic carbocycles. The van der Waals surface area contributed by atoms with Crippen molar-refractivity contribution in [3.05, 3.63) is 40.0 Å². The van der Waals surface area contributed by atoms with Crippen LogP contribution in [0.3, 0.4) is 0 Å². The molecule has 0 spiro atoms. The van der Waals surface area contributed by atoms with Gasteiger partial charge in [-0.05, 0) is 19.5 Å². The Labute approximate surface area is 114 Å². The average molecular weight is 280 g/mol. The van der Waals surface area contributed by atoms with Crippen LogP contribution in [0.5, 0.6) is 0 Å². The normalized spacial score (nSPS) is 12.3. The van der Waals surface area contributed by atoms with Gasteiger partial charge >= 0.3 is 0 Å². The van der Waals surface area contributed by atoms with Gasteiger partial charge in [0.15, 0.2) is 0 Å². The summed E-state index contributed by atoms with van der Waals surface area (Å²) in [5, 5.41) is 21.4. The molecule has 2 aromatic rings. The Bertz CT molecular complexity index is 625. The molecular formula is C12H13FN4O3. The number of hydrogen-bond donors (Lipinski definition) is 1. The number of rotatable bonds is 5. The van der Waals surface area contributed by atoms with E-state index in [1.54, 1.807) is 7.05 Å². The fourth-order valence-electron chi connectivity index (χ4n) is 1.80. The lowest BCUT2D eigenvalue weighted by Gasteiger charge is -2.07. The second-order valence-electron chi connectivity index (χ2n) is 4.15. The lowest BCUT2D eigenvalue weighted by molar-refractivity contribution is -0.385. The molecule has 0 saturated carbocycles. The highest BCUT2D eigenvalue weighted by Gasteiger charge is 2.18. The zero-order valence-corrected chi connectivity index (χ0v) is 11.0. The van der Waals surface area contributed by atoms with E-state index in [0.29, 0.717) is 5.89 Å². The van der Waals surface area contributed by atoms with Crippen molar-refractivity contribution in [3.63, 3.8) is 0 Å². The molecule has 0 amide bonds. The van der Waals surface area contributed by atoms with Crippen LogP contribution in [0, 0.1) is 15.9 Å². The van der Waals surface area contributed by atoms with E-state index >= 15 is 0 Å². The van der Waals surface area contributed by atoms with Gasteiger partial charge in [-0.15, -0.1) is 10.2 Å². The standard InChI is InChI=1S/C12H13FN4O3/c1-3-10(14-2)12-16-15-11(20-12)7-4-8(13)6-9(5-7)17(18)19/h4-6,10,14H,3H2,1-2H3. The van der Waals surface area contributed by atoms with Gasteiger partial charge in [0, 0.05) is 11.6 Å². The number of nitro groups is 1. The lowest BCUT2D eigenvalue weighted by atomic mass is 10.2. The van der Waals surface area contributed by atoms with Crippen LogP contribution >= 0.6 is 0 Å². The third-order valence-electron chi connectivity index (χ3n) is 2.84. The highest BCUT2D eigenvalue weighted by Crippen LogP contribution is 2.26. The summed E-state index contributed by atoms with van der Waals surface area (Å²) in [5.41, 5.74) is -0.179. The second kappa shape index (κ2) is 5.74. The number of nitro benzene ring substituents is 1. The predicted octanol–water partition coefficient (Wildman–Crippen LogP) is 2.45. The molecule has 8 heteroatoms. The molecule has 1 atom stereocenters. The zero-order valence-electron chi connectivity index (χ0n) is 11.0. The largest absolute Gasteiger partial charge is 0.419 e. The fourth-order valence-corrected chi connectivity index (χ4v) is 1.80. The topological polar surface area (TPSA) is 94.1 Å². The Morgan fingerprint density at radius 3 is 2.80 bits per heavy atom. The summed E-state index contributed by atoms with van der Waals surface area (Å²) in [5.74, 6) is -0.317. The van der Waals surface area contributed by atoms with Crippen molar-refractivity contribution in [1.29, 1.82) is 0 Å². The van der Waals surface area contributed by atoms with Crippen LogP contribution in [-0.4, -0.2) is 22.2 Å². The molecule has 0 aliphatic rings. The third-order valence-corrected chi connectivity index (χ3v) is 2.84. The molecule has 0 saturated heterocycles. The Kier molecular flexibility index (Phi) is 4.04. The van der Waals surface area contributed by atoms with Crippen molar-refractivity contribution in [3.8, 4) is 11.5 Å². The van der Waals surface area contributed by atoms with Gasteiger partial charge in [-0.1, -0.05) is 6.92 Å². The summed E-state index contributed by atoms with van der Waals surface area (Å²) >= 11 is 0. The van der Waals surface area contributed by atoms with E-state index in [4.69, 9.17) is 4.42 Å². The van der Waals surface area contributed by atoms with Gasteiger partial charge in [-0.2, -0.15) is 0 Å². The molecule has 20 heavy (non-hydrogen) atoms. The van der Waals surface area contributed by atoms with E-state index in [-0.39, 0.29) is 23.2 Å². The monoisotopic (exact) mass is 280 g/mol. The van der Waals surface area contributed by atoms with Gasteiger partial charge < -0.3 is 9.73 Å². The first-order valence-electron chi connectivity index (χ1n) is 6.01. The summed E-state index contributed by atoms with van der Waals surface area (Å²) in [7, 11) is 1.76. The quantitative estimate of drug-likeness (QED) is 0.667. The molecule has 0 aliphatic heterocycles. The molecule has 0 radical (unpaired) electrons. The van der Waals surface area contributed by atoms with Crippen molar-refractivity contribution in [2.75, 3.05) is 7.05 Å². The number of benzene rings is 1. The van der Waals surface area contributed by atoms with Crippen LogP contribution in [-0.2, 0) is 0 Å². The molecule has 106 valence electrons. The van der Waals surface area contributed by atoms with Crippen LogP contribution in [0.4, 0.5) is 10.1 Å². The van der Waals surface area contributed by atoms with Crippen molar-refractivity contribution >= 4 is 5.69 Å². The molecule has 2 rings (SSSR count). The number of hydrogen-bond acceptors (Lipinski definition) is 6. The Balaban J connectivity index is 2.39. The van der Waals surface area contributed by atoms with Gasteiger partial charge in [0.25, 0.3) is 5.69 Å². The van der Waals surface area contributed by atoms with Crippen LogP contribution in [0.1, 0.15) is 25.3 Å². The molecule has 0 aliphatic carbocycles. The number of nitrogens with one attached hydrogen (secondary N) is 1. The van der Waals surface area contributed by atoms with Crippen molar-refractivity contribution in [2.24, 2.45) is 0 Å². The van der Waals surface area contributed by atoms with E-state index in [1.165, 1.54) is 6.07 Å². The zero-order chi connectivity index (χ0) is 14.7. The molecule has 1 N–H and O–H groups in total. The summed E-state index contributed by atoms with van der Waals surface area (Å²) in [6.07, 6.45) is 0.738. The maximum absolute atomic E-state index is 13.4. The smallest absolute Gasteiger partial charge is 0.273 e. The van der Waals surface area contributed by atoms with E-state index in [2.05, 4.69) is 15.5 Å². The molecule has 0 fully saturated rings.